The zero-order valence-electron chi connectivity index (χ0n) is 8.64. The molecule has 5 heteroatoms. The first-order chi connectivity index (χ1) is 7.75. The summed E-state index contributed by atoms with van der Waals surface area (Å²) in [5.74, 6) is 0. The second-order valence-corrected chi connectivity index (χ2v) is 4.90. The number of hydrogen-bond donors (Lipinski definition) is 1. The van der Waals surface area contributed by atoms with Crippen molar-refractivity contribution in [1.82, 2.24) is 4.98 Å². The fraction of sp³-hybridized carbons (Fsp3) is 0.0909. The number of aromatic nitrogens is 1. The van der Waals surface area contributed by atoms with Gasteiger partial charge in [0.1, 0.15) is 0 Å². The van der Waals surface area contributed by atoms with Crippen LogP contribution < -0.4 is 5.43 Å². The Bertz CT molecular complexity index is 507. The largest absolute Gasteiger partial charge is 0.253 e. The van der Waals surface area contributed by atoms with Crippen LogP contribution in [-0.4, -0.2) is 11.2 Å². The molecule has 1 heterocycles. The number of hydrazone groups is 1. The lowest BCUT2D eigenvalue weighted by atomic mass is 10.2. The number of nitrogens with one attached hydrogen (secondary N) is 1. The SMILES string of the molecule is Cc1csc(N/N=C\c2ccccc2Br)n1. The molecule has 1 N–H and O–H groups in total. The summed E-state index contributed by atoms with van der Waals surface area (Å²) in [5, 5.41) is 6.92. The van der Waals surface area contributed by atoms with E-state index in [1.807, 2.05) is 36.6 Å². The Morgan fingerprint density at radius 2 is 2.25 bits per heavy atom. The first-order valence-corrected chi connectivity index (χ1v) is 6.39. The topological polar surface area (TPSA) is 37.3 Å². The molecule has 0 aliphatic rings. The first kappa shape index (κ1) is 11.3. The average molecular weight is 296 g/mol. The van der Waals surface area contributed by atoms with E-state index >= 15 is 0 Å². The van der Waals surface area contributed by atoms with Gasteiger partial charge < -0.3 is 0 Å². The molecule has 0 spiro atoms. The highest BCUT2D eigenvalue weighted by Gasteiger charge is 1.96. The Morgan fingerprint density at radius 1 is 1.44 bits per heavy atom. The van der Waals surface area contributed by atoms with Gasteiger partial charge in [0.05, 0.1) is 11.9 Å². The number of anilines is 1. The second kappa shape index (κ2) is 5.23. The predicted molar refractivity (Wildman–Crippen MR) is 72.2 cm³/mol. The van der Waals surface area contributed by atoms with E-state index < -0.39 is 0 Å². The van der Waals surface area contributed by atoms with Crippen molar-refractivity contribution < 1.29 is 0 Å². The maximum Gasteiger partial charge on any atom is 0.203 e. The summed E-state index contributed by atoms with van der Waals surface area (Å²) in [5.41, 5.74) is 4.93. The molecule has 0 amide bonds. The van der Waals surface area contributed by atoms with Crippen LogP contribution in [0.4, 0.5) is 5.13 Å². The van der Waals surface area contributed by atoms with E-state index in [4.69, 9.17) is 0 Å². The molecule has 1 aromatic heterocycles. The summed E-state index contributed by atoms with van der Waals surface area (Å²) in [7, 11) is 0. The number of halogens is 1. The van der Waals surface area contributed by atoms with Gasteiger partial charge in [0.25, 0.3) is 0 Å². The number of benzene rings is 1. The van der Waals surface area contributed by atoms with Crippen molar-refractivity contribution in [2.75, 3.05) is 5.43 Å². The van der Waals surface area contributed by atoms with E-state index in [-0.39, 0.29) is 0 Å². The average Bonchev–Trinajstić information content (AvgIpc) is 2.67. The number of hydrogen-bond acceptors (Lipinski definition) is 4. The monoisotopic (exact) mass is 295 g/mol. The van der Waals surface area contributed by atoms with E-state index in [9.17, 15) is 0 Å². The summed E-state index contributed by atoms with van der Waals surface area (Å²) in [6.45, 7) is 1.96. The minimum atomic E-state index is 0.806. The fourth-order valence-corrected chi connectivity index (χ4v) is 2.17. The molecule has 82 valence electrons. The van der Waals surface area contributed by atoms with E-state index in [2.05, 4.69) is 31.4 Å². The third-order valence-corrected chi connectivity index (χ3v) is 3.48. The van der Waals surface area contributed by atoms with Crippen LogP contribution in [0.25, 0.3) is 0 Å². The zero-order chi connectivity index (χ0) is 11.4. The number of aryl methyl sites for hydroxylation is 1. The molecule has 0 unspecified atom stereocenters. The summed E-state index contributed by atoms with van der Waals surface area (Å²) in [4.78, 5) is 4.25. The summed E-state index contributed by atoms with van der Waals surface area (Å²) in [6, 6.07) is 7.91. The van der Waals surface area contributed by atoms with Gasteiger partial charge in [-0.05, 0) is 13.0 Å². The smallest absolute Gasteiger partial charge is 0.203 e. The lowest BCUT2D eigenvalue weighted by Gasteiger charge is -1.96. The van der Waals surface area contributed by atoms with Crippen LogP contribution in [0.2, 0.25) is 0 Å². The van der Waals surface area contributed by atoms with E-state index in [1.165, 1.54) is 0 Å². The van der Waals surface area contributed by atoms with Crippen molar-refractivity contribution in [3.63, 3.8) is 0 Å². The fourth-order valence-electron chi connectivity index (χ4n) is 1.14. The molecule has 16 heavy (non-hydrogen) atoms. The highest BCUT2D eigenvalue weighted by atomic mass is 79.9. The highest BCUT2D eigenvalue weighted by Crippen LogP contribution is 2.15. The molecule has 0 aliphatic carbocycles. The summed E-state index contributed by atoms with van der Waals surface area (Å²) in [6.07, 6.45) is 1.76. The van der Waals surface area contributed by atoms with Crippen LogP contribution in [0.15, 0.2) is 39.2 Å². The van der Waals surface area contributed by atoms with Gasteiger partial charge in [-0.1, -0.05) is 34.1 Å². The van der Waals surface area contributed by atoms with Gasteiger partial charge in [0.2, 0.25) is 5.13 Å². The molecule has 3 nitrogen and oxygen atoms in total. The summed E-state index contributed by atoms with van der Waals surface area (Å²) >= 11 is 5.00. The molecule has 0 atom stereocenters. The Labute approximate surface area is 106 Å². The van der Waals surface area contributed by atoms with Crippen molar-refractivity contribution in [2.24, 2.45) is 5.10 Å². The quantitative estimate of drug-likeness (QED) is 0.693. The molecule has 2 rings (SSSR count). The lowest BCUT2D eigenvalue weighted by Crippen LogP contribution is -1.90. The van der Waals surface area contributed by atoms with Crippen molar-refractivity contribution in [1.29, 1.82) is 0 Å². The van der Waals surface area contributed by atoms with Crippen LogP contribution in [0.5, 0.6) is 0 Å². The van der Waals surface area contributed by atoms with E-state index in [0.29, 0.717) is 0 Å². The van der Waals surface area contributed by atoms with E-state index in [1.54, 1.807) is 17.6 Å². The third kappa shape index (κ3) is 2.90. The molecule has 1 aromatic carbocycles. The van der Waals surface area contributed by atoms with Crippen molar-refractivity contribution >= 4 is 38.6 Å². The van der Waals surface area contributed by atoms with Crippen molar-refractivity contribution in [3.8, 4) is 0 Å². The molecule has 0 fully saturated rings. The molecule has 0 saturated carbocycles. The predicted octanol–water partition coefficient (Wildman–Crippen LogP) is 3.66. The van der Waals surface area contributed by atoms with Crippen LogP contribution in [-0.2, 0) is 0 Å². The van der Waals surface area contributed by atoms with Gasteiger partial charge in [-0.25, -0.2) is 4.98 Å². The minimum absolute atomic E-state index is 0.806. The van der Waals surface area contributed by atoms with Gasteiger partial charge in [-0.2, -0.15) is 5.10 Å². The maximum absolute atomic E-state index is 4.25. The molecule has 2 aromatic rings. The molecule has 0 aliphatic heterocycles. The standard InChI is InChI=1S/C11H10BrN3S/c1-8-7-16-11(14-8)15-13-6-9-4-2-3-5-10(9)12/h2-7H,1H3,(H,14,15)/b13-6-. The van der Waals surface area contributed by atoms with E-state index in [0.717, 1.165) is 20.9 Å². The Hall–Kier alpha value is -1.20. The lowest BCUT2D eigenvalue weighted by molar-refractivity contribution is 1.22. The molecular formula is C11H10BrN3S. The molecule has 0 bridgehead atoms. The van der Waals surface area contributed by atoms with Gasteiger partial charge in [0.15, 0.2) is 0 Å². The van der Waals surface area contributed by atoms with Gasteiger partial charge >= 0.3 is 0 Å². The number of rotatable bonds is 3. The van der Waals surface area contributed by atoms with Crippen LogP contribution in [0.3, 0.4) is 0 Å². The minimum Gasteiger partial charge on any atom is -0.253 e. The third-order valence-electron chi connectivity index (χ3n) is 1.89. The second-order valence-electron chi connectivity index (χ2n) is 3.19. The number of nitrogens with zero attached hydrogens (tertiary/aromatic N) is 2. The molecule has 0 saturated heterocycles. The Morgan fingerprint density at radius 3 is 2.94 bits per heavy atom. The zero-order valence-corrected chi connectivity index (χ0v) is 11.0. The van der Waals surface area contributed by atoms with Crippen molar-refractivity contribution in [2.45, 2.75) is 6.92 Å². The van der Waals surface area contributed by atoms with Crippen LogP contribution >= 0.6 is 27.3 Å². The summed E-state index contributed by atoms with van der Waals surface area (Å²) < 4.78 is 1.02. The van der Waals surface area contributed by atoms with Gasteiger partial charge in [-0.3, -0.25) is 5.43 Å². The van der Waals surface area contributed by atoms with Crippen LogP contribution in [0.1, 0.15) is 11.3 Å². The molecule has 0 radical (unpaired) electrons. The van der Waals surface area contributed by atoms with Crippen LogP contribution in [0, 0.1) is 6.92 Å². The highest BCUT2D eigenvalue weighted by molar-refractivity contribution is 9.10. The van der Waals surface area contributed by atoms with Gasteiger partial charge in [0, 0.05) is 15.4 Å². The van der Waals surface area contributed by atoms with Gasteiger partial charge in [-0.15, -0.1) is 11.3 Å². The Balaban J connectivity index is 2.03. The Kier molecular flexibility index (Phi) is 3.69. The number of thiazole rings is 1. The maximum atomic E-state index is 4.25. The normalized spacial score (nSPS) is 10.9. The molecular weight excluding hydrogens is 286 g/mol. The van der Waals surface area contributed by atoms with Crippen molar-refractivity contribution in [3.05, 3.63) is 45.4 Å². The first-order valence-electron chi connectivity index (χ1n) is 4.71.